The molecule has 0 saturated carbocycles. The van der Waals surface area contributed by atoms with E-state index in [2.05, 4.69) is 17.9 Å². The molecule has 2 atom stereocenters. The van der Waals surface area contributed by atoms with Gasteiger partial charge < -0.3 is 5.73 Å². The number of nitrogens with two attached hydrogens (primary N) is 1. The van der Waals surface area contributed by atoms with E-state index in [-0.39, 0.29) is 5.82 Å². The molecule has 102 valence electrons. The average molecular weight is 261 g/mol. The Balaban J connectivity index is 2.23. The summed E-state index contributed by atoms with van der Waals surface area (Å²) in [4.78, 5) is 2.30. The van der Waals surface area contributed by atoms with E-state index in [0.29, 0.717) is 30.7 Å². The summed E-state index contributed by atoms with van der Waals surface area (Å²) in [6.45, 7) is 3.39. The summed E-state index contributed by atoms with van der Waals surface area (Å²) in [7, 11) is 0. The number of hydrogen-bond donors (Lipinski definition) is 1. The minimum atomic E-state index is -0.289. The van der Waals surface area contributed by atoms with Gasteiger partial charge in [-0.2, -0.15) is 5.26 Å². The van der Waals surface area contributed by atoms with Crippen LogP contribution in [0.4, 0.5) is 4.39 Å². The molecule has 19 heavy (non-hydrogen) atoms. The van der Waals surface area contributed by atoms with Crippen molar-refractivity contribution in [3.8, 4) is 6.07 Å². The third-order valence-corrected chi connectivity index (χ3v) is 4.01. The van der Waals surface area contributed by atoms with Crippen LogP contribution in [0.2, 0.25) is 0 Å². The highest BCUT2D eigenvalue weighted by atomic mass is 19.1. The van der Waals surface area contributed by atoms with E-state index in [9.17, 15) is 4.39 Å². The van der Waals surface area contributed by atoms with Gasteiger partial charge in [0.15, 0.2) is 0 Å². The number of rotatable bonds is 3. The molecule has 1 aromatic rings. The molecular weight excluding hydrogens is 241 g/mol. The van der Waals surface area contributed by atoms with Gasteiger partial charge in [0.1, 0.15) is 5.82 Å². The lowest BCUT2D eigenvalue weighted by Crippen LogP contribution is -2.48. The molecule has 1 aliphatic heterocycles. The van der Waals surface area contributed by atoms with Gasteiger partial charge in [-0.15, -0.1) is 0 Å². The summed E-state index contributed by atoms with van der Waals surface area (Å²) in [5.74, 6) is -0.289. The lowest BCUT2D eigenvalue weighted by Gasteiger charge is -2.40. The smallest absolute Gasteiger partial charge is 0.123 e. The summed E-state index contributed by atoms with van der Waals surface area (Å²) < 4.78 is 13.4. The van der Waals surface area contributed by atoms with Gasteiger partial charge in [-0.1, -0.05) is 6.42 Å². The molecule has 1 aromatic carbocycles. The van der Waals surface area contributed by atoms with Crippen LogP contribution >= 0.6 is 0 Å². The first-order valence-corrected chi connectivity index (χ1v) is 6.80. The zero-order valence-electron chi connectivity index (χ0n) is 11.3. The van der Waals surface area contributed by atoms with Crippen molar-refractivity contribution in [3.63, 3.8) is 0 Å². The first-order valence-electron chi connectivity index (χ1n) is 6.80. The van der Waals surface area contributed by atoms with E-state index in [1.54, 1.807) is 6.07 Å². The van der Waals surface area contributed by atoms with E-state index in [4.69, 9.17) is 11.0 Å². The second-order valence-electron chi connectivity index (χ2n) is 5.26. The molecule has 2 rings (SSSR count). The Morgan fingerprint density at radius 1 is 1.47 bits per heavy atom. The van der Waals surface area contributed by atoms with Crippen molar-refractivity contribution in [1.29, 1.82) is 5.26 Å². The third kappa shape index (κ3) is 3.12. The largest absolute Gasteiger partial charge is 0.329 e. The van der Waals surface area contributed by atoms with Crippen LogP contribution in [-0.2, 0) is 6.54 Å². The highest BCUT2D eigenvalue weighted by Gasteiger charge is 2.27. The van der Waals surface area contributed by atoms with Gasteiger partial charge >= 0.3 is 0 Å². The summed E-state index contributed by atoms with van der Waals surface area (Å²) in [5, 5.41) is 9.11. The summed E-state index contributed by atoms with van der Waals surface area (Å²) in [6, 6.07) is 7.25. The number of likely N-dealkylation sites (tertiary alicyclic amines) is 1. The predicted molar refractivity (Wildman–Crippen MR) is 72.8 cm³/mol. The fourth-order valence-electron chi connectivity index (χ4n) is 2.88. The molecular formula is C15H20FN3. The quantitative estimate of drug-likeness (QED) is 0.909. The molecule has 4 heteroatoms. The number of halogens is 1. The zero-order chi connectivity index (χ0) is 13.8. The maximum absolute atomic E-state index is 13.4. The Morgan fingerprint density at radius 3 is 2.95 bits per heavy atom. The van der Waals surface area contributed by atoms with Crippen molar-refractivity contribution in [3.05, 3.63) is 35.1 Å². The summed E-state index contributed by atoms with van der Waals surface area (Å²) >= 11 is 0. The molecule has 0 aliphatic carbocycles. The van der Waals surface area contributed by atoms with Gasteiger partial charge in [0.05, 0.1) is 11.6 Å². The predicted octanol–water partition coefficient (Wildman–Crippen LogP) is 2.40. The average Bonchev–Trinajstić information content (AvgIpc) is 2.41. The van der Waals surface area contributed by atoms with Gasteiger partial charge in [-0.25, -0.2) is 4.39 Å². The molecule has 1 fully saturated rings. The monoisotopic (exact) mass is 261 g/mol. The number of hydrogen-bond acceptors (Lipinski definition) is 3. The van der Waals surface area contributed by atoms with Crippen molar-refractivity contribution in [2.24, 2.45) is 5.73 Å². The normalized spacial score (nSPS) is 24.1. The molecule has 0 radical (unpaired) electrons. The van der Waals surface area contributed by atoms with Gasteiger partial charge in [0.2, 0.25) is 0 Å². The molecule has 1 heterocycles. The van der Waals surface area contributed by atoms with E-state index in [1.165, 1.54) is 18.6 Å². The molecule has 0 bridgehead atoms. The lowest BCUT2D eigenvalue weighted by atomic mass is 9.95. The number of nitrogens with zero attached hydrogens (tertiary/aromatic N) is 2. The van der Waals surface area contributed by atoms with Crippen LogP contribution in [0.25, 0.3) is 0 Å². The fraction of sp³-hybridized carbons (Fsp3) is 0.533. The van der Waals surface area contributed by atoms with Crippen LogP contribution in [0.5, 0.6) is 0 Å². The van der Waals surface area contributed by atoms with E-state index >= 15 is 0 Å². The Hall–Kier alpha value is -1.44. The van der Waals surface area contributed by atoms with Gasteiger partial charge in [0, 0.05) is 25.2 Å². The lowest BCUT2D eigenvalue weighted by molar-refractivity contribution is 0.0890. The van der Waals surface area contributed by atoms with Crippen molar-refractivity contribution in [2.75, 3.05) is 6.54 Å². The van der Waals surface area contributed by atoms with Crippen LogP contribution in [0, 0.1) is 17.1 Å². The Kier molecular flexibility index (Phi) is 4.52. The second-order valence-corrected chi connectivity index (χ2v) is 5.26. The van der Waals surface area contributed by atoms with E-state index < -0.39 is 0 Å². The molecule has 3 nitrogen and oxygen atoms in total. The molecule has 1 saturated heterocycles. The van der Waals surface area contributed by atoms with Crippen molar-refractivity contribution in [1.82, 2.24) is 4.90 Å². The van der Waals surface area contributed by atoms with E-state index in [1.807, 2.05) is 0 Å². The molecule has 0 spiro atoms. The number of nitriles is 1. The summed E-state index contributed by atoms with van der Waals surface area (Å²) in [5.41, 5.74) is 7.14. The second kappa shape index (κ2) is 6.14. The first kappa shape index (κ1) is 14.0. The van der Waals surface area contributed by atoms with Crippen molar-refractivity contribution >= 4 is 0 Å². The maximum Gasteiger partial charge on any atom is 0.123 e. The molecule has 0 aromatic heterocycles. The standard InChI is InChI=1S/C15H20FN3/c1-11-3-2-4-15(9-18)19(11)10-13-7-14(16)6-5-12(13)8-17/h5-7,11,15H,2-4,9-10,18H2,1H3. The van der Waals surface area contributed by atoms with E-state index in [0.717, 1.165) is 18.4 Å². The minimum absolute atomic E-state index is 0.289. The Bertz CT molecular complexity index is 481. The van der Waals surface area contributed by atoms with Crippen molar-refractivity contribution in [2.45, 2.75) is 44.8 Å². The molecule has 1 aliphatic rings. The molecule has 2 N–H and O–H groups in total. The number of benzene rings is 1. The van der Waals surface area contributed by atoms with Gasteiger partial charge in [0.25, 0.3) is 0 Å². The Labute approximate surface area is 113 Å². The third-order valence-electron chi connectivity index (χ3n) is 4.01. The van der Waals surface area contributed by atoms with Crippen LogP contribution in [0.15, 0.2) is 18.2 Å². The zero-order valence-corrected chi connectivity index (χ0v) is 11.3. The van der Waals surface area contributed by atoms with Gasteiger partial charge in [-0.3, -0.25) is 4.90 Å². The van der Waals surface area contributed by atoms with Gasteiger partial charge in [-0.05, 0) is 43.5 Å². The molecule has 2 unspecified atom stereocenters. The maximum atomic E-state index is 13.4. The Morgan fingerprint density at radius 2 is 2.26 bits per heavy atom. The molecule has 0 amide bonds. The topological polar surface area (TPSA) is 53.0 Å². The van der Waals surface area contributed by atoms with Crippen molar-refractivity contribution < 1.29 is 4.39 Å². The van der Waals surface area contributed by atoms with Crippen LogP contribution in [0.1, 0.15) is 37.3 Å². The highest BCUT2D eigenvalue weighted by Crippen LogP contribution is 2.25. The van der Waals surface area contributed by atoms with Crippen LogP contribution < -0.4 is 5.73 Å². The highest BCUT2D eigenvalue weighted by molar-refractivity contribution is 5.37. The summed E-state index contributed by atoms with van der Waals surface area (Å²) in [6.07, 6.45) is 3.40. The SMILES string of the molecule is CC1CCCC(CN)N1Cc1cc(F)ccc1C#N. The fourth-order valence-corrected chi connectivity index (χ4v) is 2.88. The van der Waals surface area contributed by atoms with Crippen LogP contribution in [-0.4, -0.2) is 23.5 Å². The minimum Gasteiger partial charge on any atom is -0.329 e. The van der Waals surface area contributed by atoms with Crippen LogP contribution in [0.3, 0.4) is 0 Å². The first-order chi connectivity index (χ1) is 9.15. The number of piperidine rings is 1.